The van der Waals surface area contributed by atoms with Gasteiger partial charge in [0.25, 0.3) is 0 Å². The minimum atomic E-state index is -0.406. The summed E-state index contributed by atoms with van der Waals surface area (Å²) in [5.74, 6) is 0. The van der Waals surface area contributed by atoms with Crippen molar-refractivity contribution in [2.24, 2.45) is 0 Å². The molecule has 0 radical (unpaired) electrons. The van der Waals surface area contributed by atoms with E-state index in [-0.39, 0.29) is 17.7 Å². The molecular formula is C11H23NO2. The van der Waals surface area contributed by atoms with Crippen molar-refractivity contribution in [3.63, 3.8) is 0 Å². The molecule has 0 aliphatic heterocycles. The topological polar surface area (TPSA) is 52.5 Å². The van der Waals surface area contributed by atoms with Gasteiger partial charge in [0.2, 0.25) is 0 Å². The number of hydrogen-bond donors (Lipinski definition) is 3. The van der Waals surface area contributed by atoms with Crippen LogP contribution in [-0.4, -0.2) is 34.0 Å². The third-order valence-electron chi connectivity index (χ3n) is 3.33. The van der Waals surface area contributed by atoms with Crippen molar-refractivity contribution in [1.29, 1.82) is 0 Å². The van der Waals surface area contributed by atoms with Crippen molar-refractivity contribution in [1.82, 2.24) is 5.32 Å². The zero-order valence-corrected chi connectivity index (χ0v) is 9.45. The van der Waals surface area contributed by atoms with E-state index < -0.39 is 6.10 Å². The molecule has 0 spiro atoms. The molecule has 0 aromatic rings. The predicted octanol–water partition coefficient (Wildman–Crippen LogP) is 1.04. The zero-order chi connectivity index (χ0) is 10.8. The molecule has 3 N–H and O–H groups in total. The molecule has 0 aromatic heterocycles. The van der Waals surface area contributed by atoms with Crippen LogP contribution in [0.25, 0.3) is 0 Å². The highest BCUT2D eigenvalue weighted by Crippen LogP contribution is 2.21. The minimum absolute atomic E-state index is 0.147. The number of aliphatic hydroxyl groups excluding tert-OH is 2. The van der Waals surface area contributed by atoms with Gasteiger partial charge in [-0.25, -0.2) is 0 Å². The quantitative estimate of drug-likeness (QED) is 0.639. The number of nitrogens with one attached hydrogen (secondary N) is 1. The summed E-state index contributed by atoms with van der Waals surface area (Å²) in [5.41, 5.74) is -0.316. The third-order valence-corrected chi connectivity index (χ3v) is 3.33. The summed E-state index contributed by atoms with van der Waals surface area (Å²) in [4.78, 5) is 0. The largest absolute Gasteiger partial charge is 0.392 e. The number of rotatable bonds is 3. The van der Waals surface area contributed by atoms with Crippen LogP contribution in [0.1, 0.15) is 46.5 Å². The van der Waals surface area contributed by atoms with E-state index >= 15 is 0 Å². The average Bonchev–Trinajstić information content (AvgIpc) is 2.08. The van der Waals surface area contributed by atoms with Crippen LogP contribution in [0.3, 0.4) is 0 Å². The van der Waals surface area contributed by atoms with Crippen molar-refractivity contribution in [3.05, 3.63) is 0 Å². The lowest BCUT2D eigenvalue weighted by Gasteiger charge is -2.38. The lowest BCUT2D eigenvalue weighted by molar-refractivity contribution is 0.0381. The molecule has 1 saturated carbocycles. The Hall–Kier alpha value is -0.120. The first-order chi connectivity index (χ1) is 6.43. The average molecular weight is 201 g/mol. The highest BCUT2D eigenvalue weighted by atomic mass is 16.3. The molecule has 1 aliphatic rings. The van der Waals surface area contributed by atoms with Crippen LogP contribution in [0, 0.1) is 0 Å². The maximum atomic E-state index is 9.77. The Kier molecular flexibility index (Phi) is 3.93. The standard InChI is InChI=1S/C11H23NO2/c1-8(13)11(2,3)12-9-6-4-5-7-10(9)14/h8-10,12-14H,4-7H2,1-3H3/t8?,9-,10-/m1/s1. The SMILES string of the molecule is CC(O)C(C)(C)N[C@@H]1CCCC[C@H]1O. The number of hydrogen-bond acceptors (Lipinski definition) is 3. The van der Waals surface area contributed by atoms with Gasteiger partial charge in [0.15, 0.2) is 0 Å². The summed E-state index contributed by atoms with van der Waals surface area (Å²) in [6.45, 7) is 5.72. The Morgan fingerprint density at radius 1 is 1.29 bits per heavy atom. The van der Waals surface area contributed by atoms with Gasteiger partial charge in [0, 0.05) is 11.6 Å². The van der Waals surface area contributed by atoms with E-state index in [0.717, 1.165) is 19.3 Å². The summed E-state index contributed by atoms with van der Waals surface area (Å²) >= 11 is 0. The van der Waals surface area contributed by atoms with Gasteiger partial charge >= 0.3 is 0 Å². The van der Waals surface area contributed by atoms with E-state index in [1.54, 1.807) is 6.92 Å². The van der Waals surface area contributed by atoms with E-state index in [9.17, 15) is 10.2 Å². The molecule has 0 amide bonds. The Bertz CT molecular complexity index is 180. The maximum absolute atomic E-state index is 9.77. The fourth-order valence-corrected chi connectivity index (χ4v) is 1.88. The fourth-order valence-electron chi connectivity index (χ4n) is 1.88. The van der Waals surface area contributed by atoms with Crippen molar-refractivity contribution >= 4 is 0 Å². The van der Waals surface area contributed by atoms with Crippen LogP contribution in [0.5, 0.6) is 0 Å². The molecule has 0 saturated heterocycles. The van der Waals surface area contributed by atoms with Gasteiger partial charge in [-0.3, -0.25) is 0 Å². The van der Waals surface area contributed by atoms with E-state index in [0.29, 0.717) is 0 Å². The van der Waals surface area contributed by atoms with Crippen molar-refractivity contribution < 1.29 is 10.2 Å². The molecule has 1 aliphatic carbocycles. The van der Waals surface area contributed by atoms with Gasteiger partial charge in [-0.05, 0) is 33.6 Å². The summed E-state index contributed by atoms with van der Waals surface area (Å²) < 4.78 is 0. The third kappa shape index (κ3) is 2.94. The molecular weight excluding hydrogens is 178 g/mol. The molecule has 84 valence electrons. The van der Waals surface area contributed by atoms with Gasteiger partial charge in [-0.1, -0.05) is 12.8 Å². The van der Waals surface area contributed by atoms with Gasteiger partial charge in [-0.15, -0.1) is 0 Å². The second-order valence-corrected chi connectivity index (χ2v) is 5.00. The molecule has 0 aromatic carbocycles. The number of aliphatic hydroxyl groups is 2. The first kappa shape index (κ1) is 12.0. The summed E-state index contributed by atoms with van der Waals surface area (Å²) in [5, 5.41) is 22.7. The van der Waals surface area contributed by atoms with Crippen LogP contribution in [0.2, 0.25) is 0 Å². The maximum Gasteiger partial charge on any atom is 0.0693 e. The molecule has 1 rings (SSSR count). The van der Waals surface area contributed by atoms with Crippen LogP contribution in [0.15, 0.2) is 0 Å². The Balaban J connectivity index is 2.49. The normalized spacial score (nSPS) is 31.5. The van der Waals surface area contributed by atoms with E-state index in [1.807, 2.05) is 13.8 Å². The molecule has 3 nitrogen and oxygen atoms in total. The summed E-state index contributed by atoms with van der Waals surface area (Å²) in [6, 6.07) is 0.147. The molecule has 14 heavy (non-hydrogen) atoms. The van der Waals surface area contributed by atoms with Gasteiger partial charge in [-0.2, -0.15) is 0 Å². The summed E-state index contributed by atoms with van der Waals surface area (Å²) in [6.07, 6.45) is 3.53. The van der Waals surface area contributed by atoms with Crippen LogP contribution >= 0.6 is 0 Å². The predicted molar refractivity (Wildman–Crippen MR) is 57.2 cm³/mol. The molecule has 0 heterocycles. The highest BCUT2D eigenvalue weighted by Gasteiger charge is 2.31. The van der Waals surface area contributed by atoms with E-state index in [1.165, 1.54) is 6.42 Å². The van der Waals surface area contributed by atoms with E-state index in [4.69, 9.17) is 0 Å². The Morgan fingerprint density at radius 2 is 1.86 bits per heavy atom. The first-order valence-electron chi connectivity index (χ1n) is 5.57. The highest BCUT2D eigenvalue weighted by molar-refractivity contribution is 4.91. The molecule has 3 heteroatoms. The second-order valence-electron chi connectivity index (χ2n) is 5.00. The van der Waals surface area contributed by atoms with Crippen molar-refractivity contribution in [2.75, 3.05) is 0 Å². The Morgan fingerprint density at radius 3 is 2.36 bits per heavy atom. The van der Waals surface area contributed by atoms with Crippen LogP contribution in [0.4, 0.5) is 0 Å². The lowest BCUT2D eigenvalue weighted by atomic mass is 9.89. The van der Waals surface area contributed by atoms with Gasteiger partial charge in [0.1, 0.15) is 0 Å². The molecule has 3 atom stereocenters. The molecule has 1 fully saturated rings. The van der Waals surface area contributed by atoms with Crippen LogP contribution in [-0.2, 0) is 0 Å². The van der Waals surface area contributed by atoms with Crippen molar-refractivity contribution in [3.8, 4) is 0 Å². The van der Waals surface area contributed by atoms with E-state index in [2.05, 4.69) is 5.32 Å². The van der Waals surface area contributed by atoms with Gasteiger partial charge in [0.05, 0.1) is 12.2 Å². The Labute approximate surface area is 86.5 Å². The minimum Gasteiger partial charge on any atom is -0.392 e. The monoisotopic (exact) mass is 201 g/mol. The molecule has 0 bridgehead atoms. The van der Waals surface area contributed by atoms with Crippen molar-refractivity contribution in [2.45, 2.75) is 70.2 Å². The second kappa shape index (κ2) is 4.60. The van der Waals surface area contributed by atoms with Crippen LogP contribution < -0.4 is 5.32 Å². The van der Waals surface area contributed by atoms with Gasteiger partial charge < -0.3 is 15.5 Å². The summed E-state index contributed by atoms with van der Waals surface area (Å²) in [7, 11) is 0. The lowest BCUT2D eigenvalue weighted by Crippen LogP contribution is -2.56. The first-order valence-corrected chi connectivity index (χ1v) is 5.57. The zero-order valence-electron chi connectivity index (χ0n) is 9.45. The smallest absolute Gasteiger partial charge is 0.0693 e. The molecule has 1 unspecified atom stereocenters. The fraction of sp³-hybridized carbons (Fsp3) is 1.00.